The van der Waals surface area contributed by atoms with E-state index in [9.17, 15) is 9.59 Å². The van der Waals surface area contributed by atoms with E-state index in [4.69, 9.17) is 19.2 Å². The fourth-order valence-corrected chi connectivity index (χ4v) is 5.50. The van der Waals surface area contributed by atoms with Crippen molar-refractivity contribution in [3.8, 4) is 17.1 Å². The molecule has 2 amide bonds. The Balaban J connectivity index is 1.61. The minimum Gasteiger partial charge on any atom is -0.493 e. The van der Waals surface area contributed by atoms with Gasteiger partial charge in [-0.25, -0.2) is 23.9 Å². The first-order valence-corrected chi connectivity index (χ1v) is 16.9. The number of rotatable bonds is 9. The van der Waals surface area contributed by atoms with Crippen molar-refractivity contribution in [3.05, 3.63) is 95.7 Å². The highest BCUT2D eigenvalue weighted by Gasteiger charge is 2.35. The monoisotopic (exact) mass is 696 g/mol. The Morgan fingerprint density at radius 1 is 0.922 bits per heavy atom. The van der Waals surface area contributed by atoms with E-state index in [0.717, 1.165) is 16.0 Å². The van der Waals surface area contributed by atoms with Gasteiger partial charge in [0.1, 0.15) is 28.8 Å². The van der Waals surface area contributed by atoms with Crippen LogP contribution >= 0.6 is 0 Å². The van der Waals surface area contributed by atoms with Crippen molar-refractivity contribution in [1.82, 2.24) is 19.7 Å². The largest absolute Gasteiger partial charge is 0.493 e. The van der Waals surface area contributed by atoms with Gasteiger partial charge in [-0.2, -0.15) is 10.00 Å². The lowest BCUT2D eigenvalue weighted by Crippen LogP contribution is -2.44. The number of hydrogen-bond acceptors (Lipinski definition) is 9. The second kappa shape index (κ2) is 14.8. The maximum Gasteiger partial charge on any atom is 0.425 e. The predicted molar refractivity (Wildman–Crippen MR) is 196 cm³/mol. The Hall–Kier alpha value is -5.52. The Kier molecular flexibility index (Phi) is 10.6. The van der Waals surface area contributed by atoms with Gasteiger partial charge in [0.05, 0.1) is 6.61 Å². The molecule has 268 valence electrons. The molecule has 1 unspecified atom stereocenters. The van der Waals surface area contributed by atoms with Gasteiger partial charge >= 0.3 is 12.2 Å². The second-order valence-electron chi connectivity index (χ2n) is 14.0. The molecule has 0 radical (unpaired) electrons. The molecular formula is C39H45FN6O5. The number of halogens is 1. The van der Waals surface area contributed by atoms with Crippen molar-refractivity contribution >= 4 is 34.5 Å². The molecule has 0 saturated heterocycles. The summed E-state index contributed by atoms with van der Waals surface area (Å²) >= 11 is 0. The highest BCUT2D eigenvalue weighted by Crippen LogP contribution is 2.35. The summed E-state index contributed by atoms with van der Waals surface area (Å²) in [5, 5.41) is 9.29. The van der Waals surface area contributed by atoms with Crippen LogP contribution in [0.25, 0.3) is 22.2 Å². The van der Waals surface area contributed by atoms with Crippen LogP contribution in [0.1, 0.15) is 78.4 Å². The van der Waals surface area contributed by atoms with Crippen molar-refractivity contribution in [2.24, 2.45) is 7.05 Å². The molecular weight excluding hydrogens is 651 g/mol. The molecule has 5 rings (SSSR count). The SMILES string of the molecule is CCOc1cc(F)c(C(Nc2ccc3c(N(C(=O)OC(C)(C)C)C(=O)OC(C)(C)C)nccc3c2)c2nc(-c3ccccc3)nn2C)cc1CC. The summed E-state index contributed by atoms with van der Waals surface area (Å²) < 4.78 is 34.7. The Bertz CT molecular complexity index is 2010. The van der Waals surface area contributed by atoms with E-state index < -0.39 is 35.2 Å². The molecule has 51 heavy (non-hydrogen) atoms. The Labute approximate surface area is 297 Å². The van der Waals surface area contributed by atoms with Crippen molar-refractivity contribution in [3.63, 3.8) is 0 Å². The molecule has 0 aliphatic rings. The van der Waals surface area contributed by atoms with Crippen LogP contribution in [0.2, 0.25) is 0 Å². The number of benzene rings is 3. The number of hydrogen-bond donors (Lipinski definition) is 1. The van der Waals surface area contributed by atoms with E-state index in [1.165, 1.54) is 12.3 Å². The number of fused-ring (bicyclic) bond motifs is 1. The number of nitrogens with one attached hydrogen (secondary N) is 1. The molecule has 2 aromatic heterocycles. The molecule has 11 nitrogen and oxygen atoms in total. The lowest BCUT2D eigenvalue weighted by molar-refractivity contribution is 0.0429. The number of amides is 2. The zero-order valence-corrected chi connectivity index (χ0v) is 30.6. The topological polar surface area (TPSA) is 121 Å². The summed E-state index contributed by atoms with van der Waals surface area (Å²) in [6.07, 6.45) is 0.275. The lowest BCUT2D eigenvalue weighted by Gasteiger charge is -2.28. The molecule has 5 aromatic rings. The van der Waals surface area contributed by atoms with E-state index in [1.54, 1.807) is 77.5 Å². The first kappa shape index (κ1) is 36.8. The zero-order chi connectivity index (χ0) is 37.1. The standard InChI is InChI=1S/C39H45FN6O5/c1-10-24-22-29(30(40)23-31(24)49-11-2)32(35-43-33(44-45(35)9)25-15-13-12-14-16-25)42-27-17-18-28-26(21-27)19-20-41-34(28)46(36(47)50-38(3,4)5)37(48)51-39(6,7)8/h12-23,32,42H,10-11H2,1-9H3. The highest BCUT2D eigenvalue weighted by atomic mass is 19.1. The number of carbonyl (C=O) groups excluding carboxylic acids is 2. The summed E-state index contributed by atoms with van der Waals surface area (Å²) in [6, 6.07) is 19.1. The number of ether oxygens (including phenoxy) is 3. The maximum absolute atomic E-state index is 16.1. The van der Waals surface area contributed by atoms with Crippen molar-refractivity contribution in [2.45, 2.75) is 79.1 Å². The van der Waals surface area contributed by atoms with Crippen molar-refractivity contribution < 1.29 is 28.2 Å². The molecule has 0 saturated carbocycles. The third-order valence-electron chi connectivity index (χ3n) is 7.68. The number of aryl methyl sites for hydroxylation is 2. The van der Waals surface area contributed by atoms with Gasteiger partial charge in [-0.1, -0.05) is 37.3 Å². The van der Waals surface area contributed by atoms with Crippen LogP contribution in [0.3, 0.4) is 0 Å². The lowest BCUT2D eigenvalue weighted by atomic mass is 9.99. The fourth-order valence-electron chi connectivity index (χ4n) is 5.50. The van der Waals surface area contributed by atoms with Crippen LogP contribution < -0.4 is 15.0 Å². The van der Waals surface area contributed by atoms with Gasteiger partial charge in [-0.3, -0.25) is 4.68 Å². The predicted octanol–water partition coefficient (Wildman–Crippen LogP) is 9.01. The summed E-state index contributed by atoms with van der Waals surface area (Å²) in [7, 11) is 1.77. The van der Waals surface area contributed by atoms with Crippen molar-refractivity contribution in [1.29, 1.82) is 0 Å². The highest BCUT2D eigenvalue weighted by molar-refractivity contribution is 6.14. The van der Waals surface area contributed by atoms with Gasteiger partial charge < -0.3 is 19.5 Å². The number of pyridine rings is 1. The van der Waals surface area contributed by atoms with Gasteiger partial charge in [-0.15, -0.1) is 0 Å². The smallest absolute Gasteiger partial charge is 0.425 e. The molecule has 0 spiro atoms. The number of nitrogens with zero attached hydrogens (tertiary/aromatic N) is 5. The fraction of sp³-hybridized carbons (Fsp3) is 0.359. The molecule has 3 aromatic carbocycles. The summed E-state index contributed by atoms with van der Waals surface area (Å²) in [5.41, 5.74) is 0.876. The van der Waals surface area contributed by atoms with E-state index >= 15 is 4.39 Å². The van der Waals surface area contributed by atoms with Crippen LogP contribution in [0.15, 0.2) is 72.9 Å². The van der Waals surface area contributed by atoms with Crippen molar-refractivity contribution in [2.75, 3.05) is 16.8 Å². The third-order valence-corrected chi connectivity index (χ3v) is 7.68. The van der Waals surface area contributed by atoms with Gasteiger partial charge in [0.2, 0.25) is 0 Å². The molecule has 12 heteroatoms. The van der Waals surface area contributed by atoms with E-state index in [1.807, 2.05) is 50.2 Å². The van der Waals surface area contributed by atoms with Gasteiger partial charge in [0.15, 0.2) is 17.5 Å². The first-order chi connectivity index (χ1) is 24.1. The Morgan fingerprint density at radius 2 is 1.59 bits per heavy atom. The minimum absolute atomic E-state index is 0.0463. The Morgan fingerprint density at radius 3 is 2.20 bits per heavy atom. The third kappa shape index (κ3) is 8.62. The van der Waals surface area contributed by atoms with Gasteiger partial charge in [-0.05, 0) is 96.2 Å². The van der Waals surface area contributed by atoms with E-state index in [2.05, 4.69) is 15.4 Å². The van der Waals surface area contributed by atoms with Gasteiger partial charge in [0.25, 0.3) is 0 Å². The maximum atomic E-state index is 16.1. The minimum atomic E-state index is -0.923. The summed E-state index contributed by atoms with van der Waals surface area (Å²) in [5.74, 6) is 1.06. The second-order valence-corrected chi connectivity index (χ2v) is 14.0. The quantitative estimate of drug-likeness (QED) is 0.161. The van der Waals surface area contributed by atoms with E-state index in [-0.39, 0.29) is 5.82 Å². The molecule has 0 aliphatic carbocycles. The average Bonchev–Trinajstić information content (AvgIpc) is 3.44. The van der Waals surface area contributed by atoms with Crippen LogP contribution in [-0.2, 0) is 22.9 Å². The first-order valence-electron chi connectivity index (χ1n) is 16.9. The molecule has 0 fully saturated rings. The van der Waals surface area contributed by atoms with Gasteiger partial charge in [0, 0.05) is 41.5 Å². The number of aromatic nitrogens is 4. The van der Waals surface area contributed by atoms with Crippen LogP contribution in [-0.4, -0.2) is 49.7 Å². The summed E-state index contributed by atoms with van der Waals surface area (Å²) in [6.45, 7) is 14.5. The molecule has 1 atom stereocenters. The molecule has 0 aliphatic heterocycles. The molecule has 1 N–H and O–H groups in total. The molecule has 0 bridgehead atoms. The zero-order valence-electron chi connectivity index (χ0n) is 30.6. The average molecular weight is 697 g/mol. The molecule has 2 heterocycles. The normalized spacial score (nSPS) is 12.4. The summed E-state index contributed by atoms with van der Waals surface area (Å²) in [4.78, 5) is 37.0. The number of anilines is 2. The van der Waals surface area contributed by atoms with E-state index in [0.29, 0.717) is 52.4 Å². The number of carbonyl (C=O) groups is 2. The van der Waals surface area contributed by atoms with Crippen LogP contribution in [0, 0.1) is 5.82 Å². The van der Waals surface area contributed by atoms with Crippen LogP contribution in [0.5, 0.6) is 5.75 Å². The number of imide groups is 1. The van der Waals surface area contributed by atoms with Crippen LogP contribution in [0.4, 0.5) is 25.5 Å².